The third kappa shape index (κ3) is 3.94. The predicted molar refractivity (Wildman–Crippen MR) is 79.1 cm³/mol. The molecule has 1 aromatic rings. The van der Waals surface area contributed by atoms with Crippen molar-refractivity contribution in [2.24, 2.45) is 5.92 Å². The SMILES string of the molecule is Cc1cc(S(=O)(=O)NCCOCC2CC2)cc(N)c1C. The van der Waals surface area contributed by atoms with Crippen molar-refractivity contribution in [2.45, 2.75) is 31.6 Å². The van der Waals surface area contributed by atoms with Crippen LogP contribution in [-0.4, -0.2) is 28.2 Å². The number of hydrogen-bond donors (Lipinski definition) is 2. The number of benzene rings is 1. The molecule has 0 bridgehead atoms. The van der Waals surface area contributed by atoms with Crippen LogP contribution in [0.15, 0.2) is 17.0 Å². The predicted octanol–water partition coefficient (Wildman–Crippen LogP) is 1.59. The van der Waals surface area contributed by atoms with Crippen molar-refractivity contribution in [2.75, 3.05) is 25.5 Å². The first-order valence-electron chi connectivity index (χ1n) is 6.84. The molecule has 0 saturated heterocycles. The average molecular weight is 298 g/mol. The summed E-state index contributed by atoms with van der Waals surface area (Å²) in [5.41, 5.74) is 8.10. The van der Waals surface area contributed by atoms with E-state index in [4.69, 9.17) is 10.5 Å². The molecule has 1 aromatic carbocycles. The Labute approximate surface area is 120 Å². The number of sulfonamides is 1. The fourth-order valence-electron chi connectivity index (χ4n) is 1.87. The number of hydrogen-bond acceptors (Lipinski definition) is 4. The van der Waals surface area contributed by atoms with Crippen molar-refractivity contribution in [3.63, 3.8) is 0 Å². The third-order valence-electron chi connectivity index (χ3n) is 3.58. The zero-order valence-corrected chi connectivity index (χ0v) is 12.8. The van der Waals surface area contributed by atoms with Gasteiger partial charge in [-0.05, 0) is 55.9 Å². The van der Waals surface area contributed by atoms with E-state index in [2.05, 4.69) is 4.72 Å². The molecule has 0 heterocycles. The lowest BCUT2D eigenvalue weighted by Crippen LogP contribution is -2.28. The van der Waals surface area contributed by atoms with Gasteiger partial charge < -0.3 is 10.5 Å². The van der Waals surface area contributed by atoms with Gasteiger partial charge >= 0.3 is 0 Å². The Morgan fingerprint density at radius 3 is 2.65 bits per heavy atom. The summed E-state index contributed by atoms with van der Waals surface area (Å²) >= 11 is 0. The van der Waals surface area contributed by atoms with Crippen LogP contribution in [0.25, 0.3) is 0 Å². The van der Waals surface area contributed by atoms with Crippen LogP contribution in [0, 0.1) is 19.8 Å². The maximum Gasteiger partial charge on any atom is 0.240 e. The van der Waals surface area contributed by atoms with Crippen LogP contribution in [-0.2, 0) is 14.8 Å². The highest BCUT2D eigenvalue weighted by atomic mass is 32.2. The van der Waals surface area contributed by atoms with E-state index < -0.39 is 10.0 Å². The summed E-state index contributed by atoms with van der Waals surface area (Å²) in [7, 11) is -3.52. The Morgan fingerprint density at radius 2 is 2.05 bits per heavy atom. The van der Waals surface area contributed by atoms with E-state index in [1.165, 1.54) is 18.9 Å². The number of nitrogens with one attached hydrogen (secondary N) is 1. The molecule has 0 unspecified atom stereocenters. The van der Waals surface area contributed by atoms with Crippen molar-refractivity contribution >= 4 is 15.7 Å². The van der Waals surface area contributed by atoms with Crippen molar-refractivity contribution in [1.29, 1.82) is 0 Å². The van der Waals surface area contributed by atoms with Crippen LogP contribution in [0.5, 0.6) is 0 Å². The van der Waals surface area contributed by atoms with Gasteiger partial charge in [-0.15, -0.1) is 0 Å². The molecule has 0 atom stereocenters. The smallest absolute Gasteiger partial charge is 0.240 e. The summed E-state index contributed by atoms with van der Waals surface area (Å²) in [5, 5.41) is 0. The summed E-state index contributed by atoms with van der Waals surface area (Å²) in [4.78, 5) is 0.209. The van der Waals surface area contributed by atoms with Gasteiger partial charge in [0.25, 0.3) is 0 Å². The first kappa shape index (κ1) is 15.3. The molecule has 6 heteroatoms. The molecule has 112 valence electrons. The monoisotopic (exact) mass is 298 g/mol. The minimum Gasteiger partial charge on any atom is -0.398 e. The van der Waals surface area contributed by atoms with E-state index in [-0.39, 0.29) is 11.4 Å². The summed E-state index contributed by atoms with van der Waals surface area (Å²) < 4.78 is 32.2. The lowest BCUT2D eigenvalue weighted by atomic mass is 10.1. The first-order valence-corrected chi connectivity index (χ1v) is 8.32. The van der Waals surface area contributed by atoms with E-state index in [0.29, 0.717) is 18.2 Å². The van der Waals surface area contributed by atoms with E-state index >= 15 is 0 Å². The third-order valence-corrected chi connectivity index (χ3v) is 5.02. The molecule has 0 aliphatic heterocycles. The second kappa shape index (κ2) is 6.11. The topological polar surface area (TPSA) is 81.4 Å². The van der Waals surface area contributed by atoms with Crippen LogP contribution in [0.1, 0.15) is 24.0 Å². The molecule has 20 heavy (non-hydrogen) atoms. The van der Waals surface area contributed by atoms with E-state index in [1.807, 2.05) is 13.8 Å². The van der Waals surface area contributed by atoms with Gasteiger partial charge in [-0.25, -0.2) is 13.1 Å². The quantitative estimate of drug-likeness (QED) is 0.591. The summed E-state index contributed by atoms with van der Waals surface area (Å²) in [6.07, 6.45) is 2.46. The number of anilines is 1. The highest BCUT2D eigenvalue weighted by molar-refractivity contribution is 7.89. The molecule has 2 rings (SSSR count). The highest BCUT2D eigenvalue weighted by Crippen LogP contribution is 2.28. The summed E-state index contributed by atoms with van der Waals surface area (Å²) in [5.74, 6) is 0.686. The van der Waals surface area contributed by atoms with Gasteiger partial charge in [0, 0.05) is 18.8 Å². The fourth-order valence-corrected chi connectivity index (χ4v) is 3.01. The molecule has 0 amide bonds. The van der Waals surface area contributed by atoms with Crippen LogP contribution in [0.2, 0.25) is 0 Å². The molecule has 1 fully saturated rings. The van der Waals surface area contributed by atoms with Crippen LogP contribution in [0.3, 0.4) is 0 Å². The van der Waals surface area contributed by atoms with Crippen LogP contribution < -0.4 is 10.5 Å². The Hall–Kier alpha value is -1.11. The molecule has 1 saturated carbocycles. The lowest BCUT2D eigenvalue weighted by Gasteiger charge is -2.11. The van der Waals surface area contributed by atoms with Gasteiger partial charge in [-0.1, -0.05) is 0 Å². The number of aryl methyl sites for hydroxylation is 1. The summed E-state index contributed by atoms with van der Waals surface area (Å²) in [6, 6.07) is 3.13. The molecule has 1 aliphatic carbocycles. The molecule has 5 nitrogen and oxygen atoms in total. The van der Waals surface area contributed by atoms with Gasteiger partial charge in [0.2, 0.25) is 10.0 Å². The van der Waals surface area contributed by atoms with Gasteiger partial charge in [-0.3, -0.25) is 0 Å². The zero-order chi connectivity index (χ0) is 14.8. The van der Waals surface area contributed by atoms with Gasteiger partial charge in [0.05, 0.1) is 11.5 Å². The fraction of sp³-hybridized carbons (Fsp3) is 0.571. The van der Waals surface area contributed by atoms with Gasteiger partial charge in [0.15, 0.2) is 0 Å². The minimum atomic E-state index is -3.52. The normalized spacial score (nSPS) is 15.5. The Morgan fingerprint density at radius 1 is 1.35 bits per heavy atom. The second-order valence-electron chi connectivity index (χ2n) is 5.37. The molecule has 0 radical (unpaired) electrons. The molecular formula is C14H22N2O3S. The van der Waals surface area contributed by atoms with Crippen LogP contribution >= 0.6 is 0 Å². The average Bonchev–Trinajstić information content (AvgIpc) is 3.19. The number of rotatable bonds is 7. The maximum absolute atomic E-state index is 12.1. The zero-order valence-electron chi connectivity index (χ0n) is 12.0. The summed E-state index contributed by atoms with van der Waals surface area (Å²) in [6.45, 7) is 5.14. The second-order valence-corrected chi connectivity index (χ2v) is 7.14. The molecular weight excluding hydrogens is 276 g/mol. The van der Waals surface area contributed by atoms with Crippen molar-refractivity contribution in [3.05, 3.63) is 23.3 Å². The molecule has 1 aliphatic rings. The van der Waals surface area contributed by atoms with Gasteiger partial charge in [0.1, 0.15) is 0 Å². The number of ether oxygens (including phenoxy) is 1. The van der Waals surface area contributed by atoms with Crippen molar-refractivity contribution < 1.29 is 13.2 Å². The largest absolute Gasteiger partial charge is 0.398 e. The standard InChI is InChI=1S/C14H22N2O3S/c1-10-7-13(8-14(15)11(10)2)20(17,18)16-5-6-19-9-12-3-4-12/h7-8,12,16H,3-6,9,15H2,1-2H3. The highest BCUT2D eigenvalue weighted by Gasteiger charge is 2.21. The number of nitrogens with two attached hydrogens (primary N) is 1. The van der Waals surface area contributed by atoms with Crippen LogP contribution in [0.4, 0.5) is 5.69 Å². The minimum absolute atomic E-state index is 0.209. The van der Waals surface area contributed by atoms with Crippen molar-refractivity contribution in [3.8, 4) is 0 Å². The molecule has 0 aromatic heterocycles. The number of nitrogen functional groups attached to an aromatic ring is 1. The van der Waals surface area contributed by atoms with E-state index in [1.54, 1.807) is 6.07 Å². The van der Waals surface area contributed by atoms with E-state index in [9.17, 15) is 8.42 Å². The Bertz CT molecular complexity index is 557. The Balaban J connectivity index is 1.91. The van der Waals surface area contributed by atoms with E-state index in [0.717, 1.165) is 17.7 Å². The van der Waals surface area contributed by atoms with Gasteiger partial charge in [-0.2, -0.15) is 0 Å². The first-order chi connectivity index (χ1) is 9.40. The molecule has 3 N–H and O–H groups in total. The lowest BCUT2D eigenvalue weighted by molar-refractivity contribution is 0.129. The van der Waals surface area contributed by atoms with Crippen molar-refractivity contribution in [1.82, 2.24) is 4.72 Å². The maximum atomic E-state index is 12.1. The molecule has 0 spiro atoms. The Kier molecular flexibility index (Phi) is 4.67.